The Morgan fingerprint density at radius 2 is 2.00 bits per heavy atom. The highest BCUT2D eigenvalue weighted by Crippen LogP contribution is 2.45. The molecule has 7 heteroatoms. The van der Waals surface area contributed by atoms with Crippen molar-refractivity contribution in [1.82, 2.24) is 9.97 Å². The van der Waals surface area contributed by atoms with E-state index in [1.165, 1.54) is 19.3 Å². The van der Waals surface area contributed by atoms with Crippen LogP contribution in [0.1, 0.15) is 64.6 Å². The molecule has 1 aromatic rings. The zero-order valence-corrected chi connectivity index (χ0v) is 16.4. The lowest BCUT2D eigenvalue weighted by Gasteiger charge is -2.42. The van der Waals surface area contributed by atoms with Gasteiger partial charge in [-0.25, -0.2) is 4.98 Å². The number of rotatable bonds is 3. The highest BCUT2D eigenvalue weighted by molar-refractivity contribution is 7.18. The molecule has 1 spiro atoms. The topological polar surface area (TPSA) is 93.1 Å². The first-order valence-electron chi connectivity index (χ1n) is 9.15. The average Bonchev–Trinajstić information content (AvgIpc) is 2.97. The van der Waals surface area contributed by atoms with Crippen LogP contribution in [0.2, 0.25) is 0 Å². The molecule has 24 heavy (non-hydrogen) atoms. The molecule has 3 atom stereocenters. The van der Waals surface area contributed by atoms with Gasteiger partial charge < -0.3 is 21.5 Å². The van der Waals surface area contributed by atoms with Gasteiger partial charge >= 0.3 is 0 Å². The monoisotopic (exact) mass is 352 g/mol. The fraction of sp³-hybridized carbons (Fsp3) is 0.765. The Bertz CT molecular complexity index is 528. The normalized spacial score (nSPS) is 23.6. The van der Waals surface area contributed by atoms with Crippen molar-refractivity contribution in [2.24, 2.45) is 16.9 Å². The van der Waals surface area contributed by atoms with E-state index in [2.05, 4.69) is 24.4 Å². The quantitative estimate of drug-likeness (QED) is 0.724. The van der Waals surface area contributed by atoms with Gasteiger partial charge in [-0.1, -0.05) is 20.3 Å². The van der Waals surface area contributed by atoms with Crippen molar-refractivity contribution in [2.75, 3.05) is 23.1 Å². The Hall–Kier alpha value is -0.970. The summed E-state index contributed by atoms with van der Waals surface area (Å²) in [6, 6.07) is 0.246. The smallest absolute Gasteiger partial charge is 0.154 e. The van der Waals surface area contributed by atoms with Crippen LogP contribution in [0.25, 0.3) is 0 Å². The maximum absolute atomic E-state index is 6.35. The molecule has 1 aliphatic carbocycles. The minimum absolute atomic E-state index is 0.134. The predicted molar refractivity (Wildman–Crippen MR) is 105 cm³/mol. The summed E-state index contributed by atoms with van der Waals surface area (Å²) in [5, 5.41) is 3.03. The molecule has 5 N–H and O–H groups in total. The van der Waals surface area contributed by atoms with Gasteiger partial charge in [0.25, 0.3) is 0 Å². The number of nitrogens with two attached hydrogens (primary N) is 2. The van der Waals surface area contributed by atoms with Crippen molar-refractivity contribution < 1.29 is 0 Å². The first kappa shape index (κ1) is 19.4. The summed E-state index contributed by atoms with van der Waals surface area (Å²) in [5.74, 6) is 1.67. The maximum Gasteiger partial charge on any atom is 0.154 e. The van der Waals surface area contributed by atoms with Crippen molar-refractivity contribution in [2.45, 2.75) is 65.0 Å². The van der Waals surface area contributed by atoms with Crippen molar-refractivity contribution >= 4 is 21.0 Å². The van der Waals surface area contributed by atoms with E-state index in [0.29, 0.717) is 11.5 Å². The molecule has 1 saturated carbocycles. The highest BCUT2D eigenvalue weighted by atomic mass is 31.0. The first-order chi connectivity index (χ1) is 11.6. The zero-order valence-electron chi connectivity index (χ0n) is 15.3. The number of nitrogens with one attached hydrogen (secondary N) is 1. The minimum Gasteiger partial charge on any atom is -0.355 e. The Balaban J connectivity index is 0.00000100. The summed E-state index contributed by atoms with van der Waals surface area (Å²) in [6.07, 6.45) is 7.92. The van der Waals surface area contributed by atoms with Crippen molar-refractivity contribution in [3.05, 3.63) is 11.9 Å². The van der Waals surface area contributed by atoms with Gasteiger partial charge in [0.2, 0.25) is 0 Å². The number of hydrogen-bond donors (Lipinski definition) is 3. The Labute approximate surface area is 148 Å². The van der Waals surface area contributed by atoms with Crippen LogP contribution < -0.4 is 21.5 Å². The van der Waals surface area contributed by atoms with Crippen LogP contribution in [0.15, 0.2) is 6.20 Å². The summed E-state index contributed by atoms with van der Waals surface area (Å²) in [4.78, 5) is 11.5. The van der Waals surface area contributed by atoms with E-state index in [1.807, 2.05) is 27.0 Å². The van der Waals surface area contributed by atoms with Crippen molar-refractivity contribution in [3.63, 3.8) is 0 Å². The molecule has 0 radical (unpaired) electrons. The standard InChI is InChI=1S/C15H27N6P.C2H6/c1-10(16)13-14(20-22)19-12(9-18-13)21-7-5-15(6-8-21)4-2-3-11(15)17;1-2/h9-11H,2-8,16-17,22H2,1H3,(H,19,20);1-2H3. The highest BCUT2D eigenvalue weighted by Gasteiger charge is 2.43. The van der Waals surface area contributed by atoms with Crippen LogP contribution in [-0.4, -0.2) is 29.1 Å². The molecule has 2 heterocycles. The molecule has 0 aromatic carbocycles. The predicted octanol–water partition coefficient (Wildman–Crippen LogP) is 2.82. The van der Waals surface area contributed by atoms with Gasteiger partial charge in [-0.2, -0.15) is 0 Å². The van der Waals surface area contributed by atoms with E-state index in [0.717, 1.165) is 43.3 Å². The largest absolute Gasteiger partial charge is 0.355 e. The number of anilines is 2. The third-order valence-corrected chi connectivity index (χ3v) is 5.69. The molecule has 2 aliphatic rings. The summed E-state index contributed by atoms with van der Waals surface area (Å²) in [5.41, 5.74) is 13.5. The third-order valence-electron chi connectivity index (χ3n) is 5.42. The number of aromatic nitrogens is 2. The molecule has 2 fully saturated rings. The van der Waals surface area contributed by atoms with Gasteiger partial charge in [0, 0.05) is 25.2 Å². The molecular weight excluding hydrogens is 319 g/mol. The van der Waals surface area contributed by atoms with Crippen LogP contribution in [-0.2, 0) is 0 Å². The summed E-state index contributed by atoms with van der Waals surface area (Å²) >= 11 is 0. The molecule has 3 unspecified atom stereocenters. The summed E-state index contributed by atoms with van der Waals surface area (Å²) < 4.78 is 0. The van der Waals surface area contributed by atoms with E-state index in [1.54, 1.807) is 0 Å². The molecule has 0 bridgehead atoms. The van der Waals surface area contributed by atoms with Crippen molar-refractivity contribution in [3.8, 4) is 0 Å². The molecule has 1 saturated heterocycles. The van der Waals surface area contributed by atoms with Gasteiger partial charge in [-0.3, -0.25) is 4.98 Å². The number of piperidine rings is 1. The van der Waals surface area contributed by atoms with Crippen LogP contribution in [0.3, 0.4) is 0 Å². The van der Waals surface area contributed by atoms with E-state index in [4.69, 9.17) is 16.5 Å². The molecule has 3 rings (SSSR count). The van der Waals surface area contributed by atoms with Gasteiger partial charge in [0.15, 0.2) is 5.82 Å². The summed E-state index contributed by atoms with van der Waals surface area (Å²) in [7, 11) is 2.48. The second-order valence-corrected chi connectivity index (χ2v) is 7.03. The Kier molecular flexibility index (Phi) is 6.79. The average molecular weight is 352 g/mol. The zero-order chi connectivity index (χ0) is 17.7. The second-order valence-electron chi connectivity index (χ2n) is 6.74. The third kappa shape index (κ3) is 3.81. The second kappa shape index (κ2) is 8.41. The lowest BCUT2D eigenvalue weighted by atomic mass is 9.74. The van der Waals surface area contributed by atoms with Gasteiger partial charge in [-0.05, 0) is 47.4 Å². The maximum atomic E-state index is 6.35. The molecule has 1 aliphatic heterocycles. The van der Waals surface area contributed by atoms with E-state index >= 15 is 0 Å². The summed E-state index contributed by atoms with van der Waals surface area (Å²) in [6.45, 7) is 7.94. The lowest BCUT2D eigenvalue weighted by molar-refractivity contribution is 0.197. The molecule has 136 valence electrons. The number of nitrogens with zero attached hydrogens (tertiary/aromatic N) is 3. The molecule has 0 amide bonds. The molecular formula is C17H33N6P. The van der Waals surface area contributed by atoms with Gasteiger partial charge in [0.1, 0.15) is 5.82 Å². The van der Waals surface area contributed by atoms with Crippen LogP contribution in [0.5, 0.6) is 0 Å². The van der Waals surface area contributed by atoms with Crippen LogP contribution >= 0.6 is 9.39 Å². The number of hydrogen-bond acceptors (Lipinski definition) is 6. The van der Waals surface area contributed by atoms with Gasteiger partial charge in [-0.15, -0.1) is 0 Å². The Morgan fingerprint density at radius 1 is 1.33 bits per heavy atom. The first-order valence-corrected chi connectivity index (χ1v) is 9.73. The van der Waals surface area contributed by atoms with Crippen LogP contribution in [0, 0.1) is 5.41 Å². The fourth-order valence-electron chi connectivity index (χ4n) is 3.95. The van der Waals surface area contributed by atoms with Gasteiger partial charge in [0.05, 0.1) is 11.9 Å². The minimum atomic E-state index is -0.134. The lowest BCUT2D eigenvalue weighted by Crippen LogP contribution is -2.47. The van der Waals surface area contributed by atoms with E-state index < -0.39 is 0 Å². The van der Waals surface area contributed by atoms with E-state index in [-0.39, 0.29) is 6.04 Å². The fourth-order valence-corrected chi connectivity index (χ4v) is 4.16. The van der Waals surface area contributed by atoms with E-state index in [9.17, 15) is 0 Å². The molecule has 1 aromatic heterocycles. The van der Waals surface area contributed by atoms with Crippen molar-refractivity contribution in [1.29, 1.82) is 0 Å². The Morgan fingerprint density at radius 3 is 2.50 bits per heavy atom. The SMILES string of the molecule is CC.CC(N)c1ncc(N2CCC3(CCCC3N)CC2)nc1NP. The van der Waals surface area contributed by atoms with Crippen LogP contribution in [0.4, 0.5) is 11.6 Å². The molecule has 6 nitrogen and oxygen atoms in total.